The number of rotatable bonds is 6. The normalized spacial score (nSPS) is 11.5. The number of hydrogen-bond donors (Lipinski definition) is 1. The first-order chi connectivity index (χ1) is 7.92. The highest BCUT2D eigenvalue weighted by molar-refractivity contribution is 7.80. The largest absolute Gasteiger partial charge is 0.393 e. The average molecular weight is 272 g/mol. The third-order valence-corrected chi connectivity index (χ3v) is 3.52. The summed E-state index contributed by atoms with van der Waals surface area (Å²) in [5.74, 6) is 0. The molecule has 1 aromatic rings. The zero-order valence-corrected chi connectivity index (χ0v) is 11.8. The van der Waals surface area contributed by atoms with Gasteiger partial charge in [-0.15, -0.1) is 0 Å². The molecule has 0 aromatic heterocycles. The van der Waals surface area contributed by atoms with Gasteiger partial charge in [0.25, 0.3) is 0 Å². The first kappa shape index (κ1) is 14.4. The molecule has 2 N–H and O–H groups in total. The standard InChI is InChI=1S/C13H18ClNOS/c1-13(2,12(15)17)7-8-16-9-10-3-5-11(14)6-4-10/h3-6H,7-9H2,1-2H3,(H2,15,17). The van der Waals surface area contributed by atoms with Crippen molar-refractivity contribution < 1.29 is 4.74 Å². The number of halogens is 1. The number of nitrogens with two attached hydrogens (primary N) is 1. The Morgan fingerprint density at radius 2 is 1.94 bits per heavy atom. The fraction of sp³-hybridized carbons (Fsp3) is 0.462. The fourth-order valence-electron chi connectivity index (χ4n) is 1.22. The highest BCUT2D eigenvalue weighted by Crippen LogP contribution is 2.20. The number of hydrogen-bond acceptors (Lipinski definition) is 2. The predicted molar refractivity (Wildman–Crippen MR) is 76.3 cm³/mol. The minimum atomic E-state index is -0.144. The van der Waals surface area contributed by atoms with Crippen LogP contribution in [-0.4, -0.2) is 11.6 Å². The maximum atomic E-state index is 5.80. The summed E-state index contributed by atoms with van der Waals surface area (Å²) in [4.78, 5) is 0.535. The molecule has 0 saturated carbocycles. The van der Waals surface area contributed by atoms with E-state index >= 15 is 0 Å². The molecule has 0 amide bonds. The Morgan fingerprint density at radius 3 is 2.47 bits per heavy atom. The van der Waals surface area contributed by atoms with Gasteiger partial charge in [0.05, 0.1) is 11.6 Å². The first-order valence-corrected chi connectivity index (χ1v) is 6.32. The monoisotopic (exact) mass is 271 g/mol. The van der Waals surface area contributed by atoms with Crippen molar-refractivity contribution in [1.29, 1.82) is 0 Å². The van der Waals surface area contributed by atoms with Crippen LogP contribution in [0.25, 0.3) is 0 Å². The summed E-state index contributed by atoms with van der Waals surface area (Å²) >= 11 is 10.8. The number of benzene rings is 1. The molecule has 2 nitrogen and oxygen atoms in total. The van der Waals surface area contributed by atoms with Crippen molar-refractivity contribution in [1.82, 2.24) is 0 Å². The Labute approximate surface area is 113 Å². The summed E-state index contributed by atoms with van der Waals surface area (Å²) in [7, 11) is 0. The lowest BCUT2D eigenvalue weighted by Crippen LogP contribution is -2.30. The van der Waals surface area contributed by atoms with E-state index in [9.17, 15) is 0 Å². The summed E-state index contributed by atoms with van der Waals surface area (Å²) in [5, 5.41) is 0.739. The molecule has 0 bridgehead atoms. The minimum Gasteiger partial charge on any atom is -0.393 e. The number of thiocarbonyl (C=S) groups is 1. The van der Waals surface area contributed by atoms with Crippen molar-refractivity contribution in [3.63, 3.8) is 0 Å². The SMILES string of the molecule is CC(C)(CCOCc1ccc(Cl)cc1)C(N)=S. The van der Waals surface area contributed by atoms with Crippen LogP contribution in [0.2, 0.25) is 5.02 Å². The highest BCUT2D eigenvalue weighted by atomic mass is 35.5. The molecule has 0 radical (unpaired) electrons. The van der Waals surface area contributed by atoms with Crippen LogP contribution in [0.1, 0.15) is 25.8 Å². The van der Waals surface area contributed by atoms with E-state index in [1.54, 1.807) is 0 Å². The van der Waals surface area contributed by atoms with Gasteiger partial charge in [-0.05, 0) is 24.1 Å². The van der Waals surface area contributed by atoms with Gasteiger partial charge in [0.1, 0.15) is 0 Å². The molecule has 0 aliphatic heterocycles. The molecule has 0 saturated heterocycles. The van der Waals surface area contributed by atoms with E-state index in [2.05, 4.69) is 0 Å². The van der Waals surface area contributed by atoms with Gasteiger partial charge < -0.3 is 10.5 Å². The molecule has 94 valence electrons. The maximum absolute atomic E-state index is 5.80. The molecule has 17 heavy (non-hydrogen) atoms. The van der Waals surface area contributed by atoms with Gasteiger partial charge in [0.2, 0.25) is 0 Å². The van der Waals surface area contributed by atoms with Crippen molar-refractivity contribution in [3.05, 3.63) is 34.9 Å². The van der Waals surface area contributed by atoms with Gasteiger partial charge in [0, 0.05) is 17.0 Å². The van der Waals surface area contributed by atoms with Gasteiger partial charge >= 0.3 is 0 Å². The van der Waals surface area contributed by atoms with Crippen molar-refractivity contribution >= 4 is 28.8 Å². The van der Waals surface area contributed by atoms with Crippen LogP contribution in [0.5, 0.6) is 0 Å². The predicted octanol–water partition coefficient (Wildman–Crippen LogP) is 3.56. The summed E-state index contributed by atoms with van der Waals surface area (Å²) in [5.41, 5.74) is 6.61. The van der Waals surface area contributed by atoms with Crippen LogP contribution in [-0.2, 0) is 11.3 Å². The van der Waals surface area contributed by atoms with E-state index in [1.165, 1.54) is 0 Å². The van der Waals surface area contributed by atoms with E-state index in [0.29, 0.717) is 18.2 Å². The van der Waals surface area contributed by atoms with Crippen LogP contribution >= 0.6 is 23.8 Å². The van der Waals surface area contributed by atoms with Crippen molar-refractivity contribution in [2.24, 2.45) is 11.1 Å². The molecule has 0 heterocycles. The summed E-state index contributed by atoms with van der Waals surface area (Å²) in [6, 6.07) is 7.64. The molecule has 0 atom stereocenters. The fourth-order valence-corrected chi connectivity index (χ4v) is 1.45. The van der Waals surface area contributed by atoms with E-state index in [0.717, 1.165) is 17.0 Å². The zero-order chi connectivity index (χ0) is 12.9. The smallest absolute Gasteiger partial charge is 0.0785 e. The van der Waals surface area contributed by atoms with Crippen molar-refractivity contribution in [2.45, 2.75) is 26.9 Å². The molecule has 1 aromatic carbocycles. The van der Waals surface area contributed by atoms with Gasteiger partial charge in [-0.25, -0.2) is 0 Å². The molecule has 4 heteroatoms. The Morgan fingerprint density at radius 1 is 1.35 bits per heavy atom. The third kappa shape index (κ3) is 5.02. The van der Waals surface area contributed by atoms with Crippen molar-refractivity contribution in [2.75, 3.05) is 6.61 Å². The highest BCUT2D eigenvalue weighted by Gasteiger charge is 2.20. The third-order valence-electron chi connectivity index (χ3n) is 2.72. The lowest BCUT2D eigenvalue weighted by molar-refractivity contribution is 0.104. The van der Waals surface area contributed by atoms with Crippen LogP contribution in [0.4, 0.5) is 0 Å². The second-order valence-electron chi connectivity index (χ2n) is 4.68. The molecule has 1 rings (SSSR count). The van der Waals surface area contributed by atoms with Gasteiger partial charge in [-0.1, -0.05) is 49.8 Å². The zero-order valence-electron chi connectivity index (χ0n) is 10.2. The summed E-state index contributed by atoms with van der Waals surface area (Å²) in [6.07, 6.45) is 0.829. The number of ether oxygens (including phenoxy) is 1. The van der Waals surface area contributed by atoms with Crippen molar-refractivity contribution in [3.8, 4) is 0 Å². The average Bonchev–Trinajstić information content (AvgIpc) is 2.26. The molecular weight excluding hydrogens is 254 g/mol. The Kier molecular flexibility index (Phi) is 5.37. The van der Waals surface area contributed by atoms with E-state index < -0.39 is 0 Å². The van der Waals surface area contributed by atoms with E-state index in [4.69, 9.17) is 34.3 Å². The first-order valence-electron chi connectivity index (χ1n) is 5.54. The Balaban J connectivity index is 2.29. The summed E-state index contributed by atoms with van der Waals surface area (Å²) < 4.78 is 5.59. The van der Waals surface area contributed by atoms with Crippen LogP contribution in [0, 0.1) is 5.41 Å². The Hall–Kier alpha value is -0.640. The van der Waals surface area contributed by atoms with Gasteiger partial charge in [0.15, 0.2) is 0 Å². The molecular formula is C13H18ClNOS. The molecule has 0 aliphatic rings. The molecule has 0 spiro atoms. The Bertz CT molecular complexity index is 376. The topological polar surface area (TPSA) is 35.2 Å². The van der Waals surface area contributed by atoms with Gasteiger partial charge in [-0.2, -0.15) is 0 Å². The van der Waals surface area contributed by atoms with E-state index in [-0.39, 0.29) is 5.41 Å². The summed E-state index contributed by atoms with van der Waals surface area (Å²) in [6.45, 7) is 5.29. The molecule has 0 unspecified atom stereocenters. The second kappa shape index (κ2) is 6.34. The van der Waals surface area contributed by atoms with E-state index in [1.807, 2.05) is 38.1 Å². The maximum Gasteiger partial charge on any atom is 0.0785 e. The lowest BCUT2D eigenvalue weighted by atomic mass is 9.90. The molecule has 0 fully saturated rings. The minimum absolute atomic E-state index is 0.144. The molecule has 0 aliphatic carbocycles. The van der Waals surface area contributed by atoms with Crippen LogP contribution < -0.4 is 5.73 Å². The quantitative estimate of drug-likeness (QED) is 0.635. The van der Waals surface area contributed by atoms with Gasteiger partial charge in [-0.3, -0.25) is 0 Å². The lowest BCUT2D eigenvalue weighted by Gasteiger charge is -2.22. The second-order valence-corrected chi connectivity index (χ2v) is 5.55. The van der Waals surface area contributed by atoms with Crippen LogP contribution in [0.3, 0.4) is 0 Å². The van der Waals surface area contributed by atoms with Crippen LogP contribution in [0.15, 0.2) is 24.3 Å².